The molecule has 0 bridgehead atoms. The van der Waals surface area contributed by atoms with Gasteiger partial charge in [0.2, 0.25) is 12.3 Å². The van der Waals surface area contributed by atoms with Crippen LogP contribution in [0.3, 0.4) is 0 Å². The van der Waals surface area contributed by atoms with E-state index >= 15 is 0 Å². The van der Waals surface area contributed by atoms with Crippen LogP contribution in [-0.4, -0.2) is 33.4 Å². The monoisotopic (exact) mass is 517 g/mol. The number of rotatable bonds is 10. The second-order valence-electron chi connectivity index (χ2n) is 9.03. The number of carbonyl (C=O) groups is 2. The van der Waals surface area contributed by atoms with Gasteiger partial charge in [-0.1, -0.05) is 18.2 Å². The number of ether oxygens (including phenoxy) is 2. The van der Waals surface area contributed by atoms with Crippen molar-refractivity contribution < 1.29 is 19.1 Å². The van der Waals surface area contributed by atoms with Gasteiger partial charge in [-0.2, -0.15) is 11.8 Å². The third-order valence-corrected chi connectivity index (χ3v) is 7.38. The molecule has 1 unspecified atom stereocenters. The zero-order chi connectivity index (χ0) is 26.5. The van der Waals surface area contributed by atoms with Crippen molar-refractivity contribution in [2.75, 3.05) is 6.26 Å². The van der Waals surface area contributed by atoms with Gasteiger partial charge in [0.1, 0.15) is 29.7 Å². The van der Waals surface area contributed by atoms with Gasteiger partial charge >= 0.3 is 0 Å². The van der Waals surface area contributed by atoms with Crippen LogP contribution < -0.4 is 14.8 Å². The number of benzene rings is 3. The van der Waals surface area contributed by atoms with Crippen molar-refractivity contribution in [3.05, 3.63) is 82.7 Å². The van der Waals surface area contributed by atoms with Crippen LogP contribution in [0.5, 0.6) is 17.2 Å². The van der Waals surface area contributed by atoms with E-state index in [-0.39, 0.29) is 11.2 Å². The van der Waals surface area contributed by atoms with Crippen molar-refractivity contribution in [1.29, 1.82) is 0 Å². The van der Waals surface area contributed by atoms with Crippen molar-refractivity contribution in [1.82, 2.24) is 14.9 Å². The molecule has 1 aromatic heterocycles. The van der Waals surface area contributed by atoms with E-state index in [9.17, 15) is 9.59 Å². The second kappa shape index (κ2) is 11.5. The first-order valence-corrected chi connectivity index (χ1v) is 13.3. The standard InChI is InChI=1S/C29H31N3O4S/c1-18-12-19(2)20(3)26(13-18)36-23-10-11-24-25(15-23)32(4)28(31-24)16-35-22-8-6-21(7-9-22)14-27(37-5)29(34)30-17-33/h6-13,15,17,27H,14,16H2,1-5H3,(H,30,33,34). The molecule has 192 valence electrons. The lowest BCUT2D eigenvalue weighted by molar-refractivity contribution is -0.124. The Bertz CT molecular complexity index is 1430. The highest BCUT2D eigenvalue weighted by molar-refractivity contribution is 7.99. The van der Waals surface area contributed by atoms with E-state index in [0.717, 1.165) is 39.5 Å². The minimum Gasteiger partial charge on any atom is -0.486 e. The van der Waals surface area contributed by atoms with E-state index in [0.29, 0.717) is 25.2 Å². The summed E-state index contributed by atoms with van der Waals surface area (Å²) in [5, 5.41) is 1.89. The SMILES string of the molecule is CSC(Cc1ccc(OCc2nc3ccc(Oc4cc(C)cc(C)c4C)cc3n2C)cc1)C(=O)NC=O. The van der Waals surface area contributed by atoms with Crippen LogP contribution in [0, 0.1) is 20.8 Å². The molecule has 1 N–H and O–H groups in total. The Morgan fingerprint density at radius 2 is 1.81 bits per heavy atom. The number of thioether (sulfide) groups is 1. The molecule has 0 aliphatic rings. The molecule has 4 aromatic rings. The Hall–Kier alpha value is -3.78. The molecule has 0 aliphatic carbocycles. The van der Waals surface area contributed by atoms with Gasteiger partial charge < -0.3 is 14.0 Å². The predicted molar refractivity (Wildman–Crippen MR) is 147 cm³/mol. The number of carbonyl (C=O) groups excluding carboxylic acids is 2. The zero-order valence-corrected chi connectivity index (χ0v) is 22.5. The molecule has 0 radical (unpaired) electrons. The summed E-state index contributed by atoms with van der Waals surface area (Å²) < 4.78 is 14.2. The van der Waals surface area contributed by atoms with Crippen LogP contribution in [0.25, 0.3) is 11.0 Å². The summed E-state index contributed by atoms with van der Waals surface area (Å²) in [5.74, 6) is 2.84. The summed E-state index contributed by atoms with van der Waals surface area (Å²) in [5.41, 5.74) is 6.32. The molecule has 0 fully saturated rings. The highest BCUT2D eigenvalue weighted by atomic mass is 32.2. The van der Waals surface area contributed by atoms with Crippen molar-refractivity contribution >= 4 is 35.1 Å². The van der Waals surface area contributed by atoms with Crippen LogP contribution in [-0.2, 0) is 29.7 Å². The number of imide groups is 1. The largest absolute Gasteiger partial charge is 0.486 e. The van der Waals surface area contributed by atoms with Gasteiger partial charge in [0.25, 0.3) is 0 Å². The number of nitrogens with zero attached hydrogens (tertiary/aromatic N) is 2. The van der Waals surface area contributed by atoms with Crippen molar-refractivity contribution in [2.45, 2.75) is 39.0 Å². The highest BCUT2D eigenvalue weighted by Gasteiger charge is 2.17. The fraction of sp³-hybridized carbons (Fsp3) is 0.276. The molecular formula is C29H31N3O4S. The average molecular weight is 518 g/mol. The van der Waals surface area contributed by atoms with Gasteiger partial charge in [-0.05, 0) is 86.0 Å². The molecule has 1 atom stereocenters. The number of aryl methyl sites for hydroxylation is 3. The van der Waals surface area contributed by atoms with Gasteiger partial charge in [0, 0.05) is 13.1 Å². The quantitative estimate of drug-likeness (QED) is 0.283. The Morgan fingerprint density at radius 1 is 1.08 bits per heavy atom. The first-order chi connectivity index (χ1) is 17.8. The molecule has 4 rings (SSSR count). The van der Waals surface area contributed by atoms with E-state index in [4.69, 9.17) is 14.5 Å². The van der Waals surface area contributed by atoms with Crippen molar-refractivity contribution in [3.63, 3.8) is 0 Å². The van der Waals surface area contributed by atoms with Gasteiger partial charge in [-0.25, -0.2) is 4.98 Å². The number of hydrogen-bond donors (Lipinski definition) is 1. The first kappa shape index (κ1) is 26.3. The molecule has 0 aliphatic heterocycles. The van der Waals surface area contributed by atoms with Crippen LogP contribution in [0.4, 0.5) is 0 Å². The fourth-order valence-electron chi connectivity index (χ4n) is 4.16. The number of aromatic nitrogens is 2. The summed E-state index contributed by atoms with van der Waals surface area (Å²) in [7, 11) is 1.97. The summed E-state index contributed by atoms with van der Waals surface area (Å²) in [6.45, 7) is 6.54. The first-order valence-electron chi connectivity index (χ1n) is 12.0. The Labute approximate surface area is 221 Å². The molecule has 0 saturated heterocycles. The van der Waals surface area contributed by atoms with Gasteiger partial charge in [-0.15, -0.1) is 0 Å². The van der Waals surface area contributed by atoms with Crippen LogP contribution >= 0.6 is 11.8 Å². The number of imidazole rings is 1. The lowest BCUT2D eigenvalue weighted by Gasteiger charge is -2.13. The van der Waals surface area contributed by atoms with Crippen molar-refractivity contribution in [2.24, 2.45) is 7.05 Å². The molecule has 1 heterocycles. The van der Waals surface area contributed by atoms with Crippen LogP contribution in [0.2, 0.25) is 0 Å². The lowest BCUT2D eigenvalue weighted by Crippen LogP contribution is -2.32. The van der Waals surface area contributed by atoms with Crippen LogP contribution in [0.15, 0.2) is 54.6 Å². The summed E-state index contributed by atoms with van der Waals surface area (Å²) >= 11 is 1.41. The fourth-order valence-corrected chi connectivity index (χ4v) is 4.80. The normalized spacial score (nSPS) is 11.8. The number of nitrogens with one attached hydrogen (secondary N) is 1. The molecule has 0 spiro atoms. The third kappa shape index (κ3) is 6.14. The Balaban J connectivity index is 1.43. The Kier molecular flexibility index (Phi) is 8.18. The molecule has 8 heteroatoms. The van der Waals surface area contributed by atoms with E-state index in [2.05, 4.69) is 38.2 Å². The maximum atomic E-state index is 12.0. The second-order valence-corrected chi connectivity index (χ2v) is 10.1. The molecule has 0 saturated carbocycles. The summed E-state index contributed by atoms with van der Waals surface area (Å²) in [6.07, 6.45) is 2.80. The third-order valence-electron chi connectivity index (χ3n) is 6.43. The summed E-state index contributed by atoms with van der Waals surface area (Å²) in [6, 6.07) is 17.7. The maximum absolute atomic E-state index is 12.0. The minimum atomic E-state index is -0.329. The molecule has 7 nitrogen and oxygen atoms in total. The van der Waals surface area contributed by atoms with E-state index in [1.807, 2.05) is 60.3 Å². The van der Waals surface area contributed by atoms with Crippen LogP contribution in [0.1, 0.15) is 28.1 Å². The molecule has 37 heavy (non-hydrogen) atoms. The lowest BCUT2D eigenvalue weighted by atomic mass is 10.1. The number of amides is 2. The average Bonchev–Trinajstić information content (AvgIpc) is 3.19. The highest BCUT2D eigenvalue weighted by Crippen LogP contribution is 2.30. The van der Waals surface area contributed by atoms with E-state index in [1.54, 1.807) is 0 Å². The molecule has 3 aromatic carbocycles. The zero-order valence-electron chi connectivity index (χ0n) is 21.7. The maximum Gasteiger partial charge on any atom is 0.239 e. The van der Waals surface area contributed by atoms with Gasteiger partial charge in [0.05, 0.1) is 16.3 Å². The predicted octanol–water partition coefficient (Wildman–Crippen LogP) is 5.42. The topological polar surface area (TPSA) is 82.4 Å². The minimum absolute atomic E-state index is 0.289. The van der Waals surface area contributed by atoms with E-state index in [1.165, 1.54) is 22.9 Å². The molecular weight excluding hydrogens is 486 g/mol. The smallest absolute Gasteiger partial charge is 0.239 e. The summed E-state index contributed by atoms with van der Waals surface area (Å²) in [4.78, 5) is 27.3. The molecule has 2 amide bonds. The van der Waals surface area contributed by atoms with Gasteiger partial charge in [0.15, 0.2) is 0 Å². The number of fused-ring (bicyclic) bond motifs is 1. The van der Waals surface area contributed by atoms with E-state index < -0.39 is 0 Å². The van der Waals surface area contributed by atoms with Crippen molar-refractivity contribution in [3.8, 4) is 17.2 Å². The Morgan fingerprint density at radius 3 is 2.51 bits per heavy atom. The number of hydrogen-bond acceptors (Lipinski definition) is 6. The van der Waals surface area contributed by atoms with Gasteiger partial charge in [-0.3, -0.25) is 14.9 Å².